The van der Waals surface area contributed by atoms with Crippen molar-refractivity contribution >= 4 is 0 Å². The molecule has 0 aromatic carbocycles. The van der Waals surface area contributed by atoms with E-state index in [0.717, 1.165) is 18.5 Å². The predicted molar refractivity (Wildman–Crippen MR) is 85.1 cm³/mol. The van der Waals surface area contributed by atoms with Crippen LogP contribution in [0.4, 0.5) is 0 Å². The molecule has 0 aromatic rings. The molecule has 0 saturated carbocycles. The highest BCUT2D eigenvalue weighted by atomic mass is 16.3. The fourth-order valence-electron chi connectivity index (χ4n) is 2.68. The van der Waals surface area contributed by atoms with E-state index in [-0.39, 0.29) is 6.10 Å². The summed E-state index contributed by atoms with van der Waals surface area (Å²) >= 11 is 0. The maximum absolute atomic E-state index is 10.7. The molecular formula is C17H35NO. The third kappa shape index (κ3) is 6.47. The van der Waals surface area contributed by atoms with Gasteiger partial charge in [0.1, 0.15) is 0 Å². The predicted octanol–water partition coefficient (Wildman–Crippen LogP) is 4.35. The molecule has 2 N–H and O–H groups in total. The summed E-state index contributed by atoms with van der Waals surface area (Å²) in [4.78, 5) is 0. The maximum Gasteiger partial charge on any atom is 0.0615 e. The van der Waals surface area contributed by atoms with Crippen LogP contribution < -0.4 is 5.32 Å². The van der Waals surface area contributed by atoms with E-state index in [1.165, 1.54) is 12.8 Å². The molecule has 2 nitrogen and oxygen atoms in total. The maximum atomic E-state index is 10.7. The van der Waals surface area contributed by atoms with Crippen LogP contribution in [0.15, 0.2) is 12.3 Å². The van der Waals surface area contributed by atoms with Crippen LogP contribution in [0, 0.1) is 17.8 Å². The van der Waals surface area contributed by atoms with Crippen molar-refractivity contribution in [1.82, 2.24) is 5.32 Å². The molecule has 0 radical (unpaired) electrons. The molecule has 0 aliphatic heterocycles. The average Bonchev–Trinajstić information content (AvgIpc) is 2.34. The van der Waals surface area contributed by atoms with Crippen LogP contribution >= 0.6 is 0 Å². The van der Waals surface area contributed by atoms with Gasteiger partial charge >= 0.3 is 0 Å². The van der Waals surface area contributed by atoms with Gasteiger partial charge in [-0.3, -0.25) is 0 Å². The number of aliphatic hydroxyl groups excluding tert-OH is 1. The molecular weight excluding hydrogens is 234 g/mol. The summed E-state index contributed by atoms with van der Waals surface area (Å²) in [5.41, 5.74) is 1.00. The Labute approximate surface area is 120 Å². The van der Waals surface area contributed by atoms with Crippen LogP contribution in [0.25, 0.3) is 0 Å². The first-order chi connectivity index (χ1) is 8.84. The minimum Gasteiger partial charge on any atom is -0.392 e. The van der Waals surface area contributed by atoms with Gasteiger partial charge in [0.2, 0.25) is 0 Å². The standard InChI is InChI=1S/C17H35NO/c1-8-10-11-16(18-13(5)6)15(9-2)17(19)14(7)12(3)4/h12,14-19H,5,8-11H2,1-4,6-7H3. The van der Waals surface area contributed by atoms with Crippen LogP contribution in [-0.4, -0.2) is 17.3 Å². The second kappa shape index (κ2) is 9.41. The molecule has 4 atom stereocenters. The normalized spacial score (nSPS) is 17.9. The Balaban J connectivity index is 4.83. The van der Waals surface area contributed by atoms with Crippen molar-refractivity contribution in [2.75, 3.05) is 0 Å². The number of aliphatic hydroxyl groups is 1. The molecule has 0 bridgehead atoms. The van der Waals surface area contributed by atoms with Crippen molar-refractivity contribution < 1.29 is 5.11 Å². The second-order valence-corrected chi connectivity index (χ2v) is 6.34. The van der Waals surface area contributed by atoms with Gasteiger partial charge in [0, 0.05) is 17.7 Å². The summed E-state index contributed by atoms with van der Waals surface area (Å²) in [5, 5.41) is 14.1. The molecule has 114 valence electrons. The molecule has 0 fully saturated rings. The van der Waals surface area contributed by atoms with E-state index in [1.54, 1.807) is 0 Å². The molecule has 0 aliphatic carbocycles. The lowest BCUT2D eigenvalue weighted by Crippen LogP contribution is -2.44. The Kier molecular flexibility index (Phi) is 9.16. The van der Waals surface area contributed by atoms with Crippen molar-refractivity contribution in [2.45, 2.75) is 79.4 Å². The van der Waals surface area contributed by atoms with Gasteiger partial charge in [-0.2, -0.15) is 0 Å². The Hall–Kier alpha value is -0.500. The summed E-state index contributed by atoms with van der Waals surface area (Å²) < 4.78 is 0. The first kappa shape index (κ1) is 18.5. The molecule has 0 amide bonds. The van der Waals surface area contributed by atoms with Crippen LogP contribution in [0.1, 0.15) is 67.2 Å². The van der Waals surface area contributed by atoms with E-state index in [1.807, 2.05) is 6.92 Å². The van der Waals surface area contributed by atoms with Crippen LogP contribution in [0.3, 0.4) is 0 Å². The van der Waals surface area contributed by atoms with E-state index in [4.69, 9.17) is 0 Å². The fourth-order valence-corrected chi connectivity index (χ4v) is 2.68. The molecule has 0 saturated heterocycles. The minimum absolute atomic E-state index is 0.237. The second-order valence-electron chi connectivity index (χ2n) is 6.34. The average molecular weight is 269 g/mol. The molecule has 0 spiro atoms. The van der Waals surface area contributed by atoms with Crippen molar-refractivity contribution in [3.05, 3.63) is 12.3 Å². The van der Waals surface area contributed by atoms with Gasteiger partial charge in [-0.15, -0.1) is 0 Å². The van der Waals surface area contributed by atoms with Gasteiger partial charge in [-0.25, -0.2) is 0 Å². The molecule has 0 heterocycles. The van der Waals surface area contributed by atoms with Gasteiger partial charge < -0.3 is 10.4 Å². The van der Waals surface area contributed by atoms with Crippen molar-refractivity contribution in [3.63, 3.8) is 0 Å². The van der Waals surface area contributed by atoms with E-state index < -0.39 is 0 Å². The molecule has 2 heteroatoms. The summed E-state index contributed by atoms with van der Waals surface area (Å²) in [6.45, 7) is 16.9. The van der Waals surface area contributed by atoms with E-state index in [0.29, 0.717) is 23.8 Å². The first-order valence-electron chi connectivity index (χ1n) is 7.95. The van der Waals surface area contributed by atoms with Gasteiger partial charge in [0.25, 0.3) is 0 Å². The van der Waals surface area contributed by atoms with Crippen LogP contribution in [0.2, 0.25) is 0 Å². The highest BCUT2D eigenvalue weighted by Gasteiger charge is 2.31. The number of hydrogen-bond acceptors (Lipinski definition) is 2. The van der Waals surface area contributed by atoms with E-state index in [2.05, 4.69) is 46.5 Å². The summed E-state index contributed by atoms with van der Waals surface area (Å²) in [6.07, 6.45) is 4.28. The molecule has 0 aliphatic rings. The Morgan fingerprint density at radius 3 is 2.16 bits per heavy atom. The smallest absolute Gasteiger partial charge is 0.0615 e. The third-order valence-electron chi connectivity index (χ3n) is 4.32. The zero-order valence-electron chi connectivity index (χ0n) is 13.9. The Bertz CT molecular complexity index is 250. The number of nitrogens with one attached hydrogen (secondary N) is 1. The Morgan fingerprint density at radius 2 is 1.79 bits per heavy atom. The van der Waals surface area contributed by atoms with Gasteiger partial charge in [-0.1, -0.05) is 54.0 Å². The lowest BCUT2D eigenvalue weighted by molar-refractivity contribution is 0.0198. The fraction of sp³-hybridized carbons (Fsp3) is 0.882. The molecule has 19 heavy (non-hydrogen) atoms. The van der Waals surface area contributed by atoms with Crippen molar-refractivity contribution in [2.24, 2.45) is 17.8 Å². The lowest BCUT2D eigenvalue weighted by atomic mass is 9.78. The summed E-state index contributed by atoms with van der Waals surface area (Å²) in [5.74, 6) is 1.15. The quantitative estimate of drug-likeness (QED) is 0.618. The first-order valence-corrected chi connectivity index (χ1v) is 7.95. The van der Waals surface area contributed by atoms with Gasteiger partial charge in [-0.05, 0) is 31.6 Å². The largest absolute Gasteiger partial charge is 0.392 e. The number of allylic oxidation sites excluding steroid dienone is 1. The highest BCUT2D eigenvalue weighted by molar-refractivity contribution is 4.93. The SMILES string of the molecule is C=C(C)NC(CCCC)C(CC)C(O)C(C)C(C)C. The third-order valence-corrected chi connectivity index (χ3v) is 4.32. The topological polar surface area (TPSA) is 32.3 Å². The van der Waals surface area contributed by atoms with E-state index in [9.17, 15) is 5.11 Å². The van der Waals surface area contributed by atoms with Gasteiger partial charge in [0.15, 0.2) is 0 Å². The molecule has 0 rings (SSSR count). The summed E-state index contributed by atoms with van der Waals surface area (Å²) in [6, 6.07) is 0.346. The lowest BCUT2D eigenvalue weighted by Gasteiger charge is -2.36. The highest BCUT2D eigenvalue weighted by Crippen LogP contribution is 2.27. The van der Waals surface area contributed by atoms with Crippen molar-refractivity contribution in [3.8, 4) is 0 Å². The minimum atomic E-state index is -0.237. The molecule has 4 unspecified atom stereocenters. The number of hydrogen-bond donors (Lipinski definition) is 2. The van der Waals surface area contributed by atoms with Crippen LogP contribution in [-0.2, 0) is 0 Å². The summed E-state index contributed by atoms with van der Waals surface area (Å²) in [7, 11) is 0. The monoisotopic (exact) mass is 269 g/mol. The van der Waals surface area contributed by atoms with Crippen LogP contribution in [0.5, 0.6) is 0 Å². The van der Waals surface area contributed by atoms with E-state index >= 15 is 0 Å². The van der Waals surface area contributed by atoms with Crippen molar-refractivity contribution in [1.29, 1.82) is 0 Å². The zero-order valence-corrected chi connectivity index (χ0v) is 13.9. The zero-order chi connectivity index (χ0) is 15.0. The Morgan fingerprint density at radius 1 is 1.21 bits per heavy atom. The number of unbranched alkanes of at least 4 members (excludes halogenated alkanes) is 1. The number of rotatable bonds is 10. The van der Waals surface area contributed by atoms with Gasteiger partial charge in [0.05, 0.1) is 6.10 Å². The molecule has 0 aromatic heterocycles.